The second-order valence-corrected chi connectivity index (χ2v) is 7.54. The Morgan fingerprint density at radius 2 is 1.85 bits per heavy atom. The van der Waals surface area contributed by atoms with Crippen molar-refractivity contribution in [1.82, 2.24) is 5.32 Å². The summed E-state index contributed by atoms with van der Waals surface area (Å²) in [5.74, 6) is -0.0413. The fourth-order valence-corrected chi connectivity index (χ4v) is 3.59. The molecule has 0 unspecified atom stereocenters. The Balaban J connectivity index is 1.43. The van der Waals surface area contributed by atoms with E-state index >= 15 is 0 Å². The average molecular weight is 387 g/mol. The Morgan fingerprint density at radius 3 is 2.56 bits per heavy atom. The molecule has 3 N–H and O–H groups in total. The van der Waals surface area contributed by atoms with Gasteiger partial charge in [0.2, 0.25) is 0 Å². The second-order valence-electron chi connectivity index (χ2n) is 7.10. The predicted octanol–water partition coefficient (Wildman–Crippen LogP) is 2.06. The Kier molecular flexibility index (Phi) is 6.48. The SMILES string of the molecule is Cc1cccc(C(=O)NC2CC[NH+](CC(=O)Nc3cccc(Cl)c3)CC2)c1. The lowest BCUT2D eigenvalue weighted by molar-refractivity contribution is -0.897. The van der Waals surface area contributed by atoms with Crippen molar-refractivity contribution in [3.63, 3.8) is 0 Å². The highest BCUT2D eigenvalue weighted by molar-refractivity contribution is 6.30. The van der Waals surface area contributed by atoms with Gasteiger partial charge in [0, 0.05) is 35.2 Å². The van der Waals surface area contributed by atoms with E-state index in [-0.39, 0.29) is 17.9 Å². The van der Waals surface area contributed by atoms with Crippen LogP contribution in [0.4, 0.5) is 5.69 Å². The third-order valence-corrected chi connectivity index (χ3v) is 5.06. The van der Waals surface area contributed by atoms with E-state index < -0.39 is 0 Å². The summed E-state index contributed by atoms with van der Waals surface area (Å²) >= 11 is 5.94. The zero-order chi connectivity index (χ0) is 19.2. The van der Waals surface area contributed by atoms with E-state index in [1.54, 1.807) is 12.1 Å². The number of anilines is 1. The monoisotopic (exact) mass is 386 g/mol. The van der Waals surface area contributed by atoms with E-state index in [1.165, 1.54) is 4.90 Å². The second kappa shape index (κ2) is 9.02. The van der Waals surface area contributed by atoms with E-state index in [9.17, 15) is 9.59 Å². The van der Waals surface area contributed by atoms with Crippen molar-refractivity contribution < 1.29 is 14.5 Å². The molecule has 0 spiro atoms. The van der Waals surface area contributed by atoms with Crippen molar-refractivity contribution in [2.75, 3.05) is 25.0 Å². The highest BCUT2D eigenvalue weighted by Gasteiger charge is 2.25. The van der Waals surface area contributed by atoms with Crippen LogP contribution >= 0.6 is 11.6 Å². The number of likely N-dealkylation sites (tertiary alicyclic amines) is 1. The van der Waals surface area contributed by atoms with Gasteiger partial charge in [0.15, 0.2) is 6.54 Å². The standard InChI is InChI=1S/C21H24ClN3O2/c1-15-4-2-5-16(12-15)21(27)24-18-8-10-25(11-9-18)14-20(26)23-19-7-3-6-17(22)13-19/h2-7,12-13,18H,8-11,14H2,1H3,(H,23,26)(H,24,27)/p+1. The normalized spacial score (nSPS) is 19.3. The average Bonchev–Trinajstić information content (AvgIpc) is 2.63. The first-order valence-corrected chi connectivity index (χ1v) is 9.64. The van der Waals surface area contributed by atoms with Gasteiger partial charge in [0.1, 0.15) is 0 Å². The van der Waals surface area contributed by atoms with Crippen LogP contribution < -0.4 is 15.5 Å². The summed E-state index contributed by atoms with van der Waals surface area (Å²) in [7, 11) is 0. The Bertz CT molecular complexity index is 817. The molecule has 0 aromatic heterocycles. The molecule has 0 bridgehead atoms. The number of quaternary nitrogens is 1. The number of nitrogens with one attached hydrogen (secondary N) is 3. The van der Waals surface area contributed by atoms with Crippen molar-refractivity contribution in [3.05, 3.63) is 64.7 Å². The smallest absolute Gasteiger partial charge is 0.279 e. The molecule has 2 aromatic rings. The zero-order valence-electron chi connectivity index (χ0n) is 15.4. The van der Waals surface area contributed by atoms with Crippen LogP contribution in [0.25, 0.3) is 0 Å². The molecule has 1 heterocycles. The van der Waals surface area contributed by atoms with Crippen LogP contribution in [-0.2, 0) is 4.79 Å². The first-order chi connectivity index (χ1) is 13.0. The van der Waals surface area contributed by atoms with E-state index in [0.717, 1.165) is 31.5 Å². The number of benzene rings is 2. The van der Waals surface area contributed by atoms with Gasteiger partial charge in [-0.15, -0.1) is 0 Å². The maximum Gasteiger partial charge on any atom is 0.279 e. The van der Waals surface area contributed by atoms with Gasteiger partial charge in [-0.25, -0.2) is 0 Å². The fourth-order valence-electron chi connectivity index (χ4n) is 3.40. The third kappa shape index (κ3) is 5.81. The van der Waals surface area contributed by atoms with Crippen LogP contribution in [0.2, 0.25) is 5.02 Å². The molecule has 27 heavy (non-hydrogen) atoms. The largest absolute Gasteiger partial charge is 0.349 e. The van der Waals surface area contributed by atoms with Gasteiger partial charge in [-0.3, -0.25) is 9.59 Å². The molecule has 0 saturated carbocycles. The Labute approximate surface area is 164 Å². The lowest BCUT2D eigenvalue weighted by Crippen LogP contribution is -3.14. The summed E-state index contributed by atoms with van der Waals surface area (Å²) in [4.78, 5) is 25.8. The molecular formula is C21H25ClN3O2+. The van der Waals surface area contributed by atoms with Gasteiger partial charge in [0.05, 0.1) is 13.1 Å². The van der Waals surface area contributed by atoms with Crippen molar-refractivity contribution >= 4 is 29.1 Å². The first-order valence-electron chi connectivity index (χ1n) is 9.26. The summed E-state index contributed by atoms with van der Waals surface area (Å²) in [6.07, 6.45) is 1.74. The molecule has 1 aliphatic heterocycles. The molecule has 0 radical (unpaired) electrons. The molecule has 1 saturated heterocycles. The number of hydrogen-bond donors (Lipinski definition) is 3. The summed E-state index contributed by atoms with van der Waals surface area (Å²) < 4.78 is 0. The number of aryl methyl sites for hydroxylation is 1. The summed E-state index contributed by atoms with van der Waals surface area (Å²) in [5.41, 5.74) is 2.49. The molecule has 142 valence electrons. The summed E-state index contributed by atoms with van der Waals surface area (Å²) in [5, 5.41) is 6.60. The van der Waals surface area contributed by atoms with E-state index in [0.29, 0.717) is 22.8 Å². The number of hydrogen-bond acceptors (Lipinski definition) is 2. The van der Waals surface area contributed by atoms with Crippen LogP contribution in [-0.4, -0.2) is 37.5 Å². The minimum atomic E-state index is -0.0224. The van der Waals surface area contributed by atoms with Crippen LogP contribution in [0.5, 0.6) is 0 Å². The van der Waals surface area contributed by atoms with Crippen LogP contribution in [0, 0.1) is 6.92 Å². The third-order valence-electron chi connectivity index (χ3n) is 4.83. The minimum absolute atomic E-state index is 0.0190. The van der Waals surface area contributed by atoms with E-state index in [1.807, 2.05) is 43.3 Å². The van der Waals surface area contributed by atoms with E-state index in [4.69, 9.17) is 11.6 Å². The van der Waals surface area contributed by atoms with Gasteiger partial charge in [-0.2, -0.15) is 0 Å². The maximum atomic E-state index is 12.4. The molecule has 1 aliphatic rings. The molecule has 1 fully saturated rings. The topological polar surface area (TPSA) is 62.6 Å². The van der Waals surface area contributed by atoms with Crippen molar-refractivity contribution in [3.8, 4) is 0 Å². The van der Waals surface area contributed by atoms with Gasteiger partial charge in [-0.1, -0.05) is 35.4 Å². The molecule has 0 atom stereocenters. The first kappa shape index (κ1) is 19.4. The van der Waals surface area contributed by atoms with Crippen LogP contribution in [0.3, 0.4) is 0 Å². The summed E-state index contributed by atoms with van der Waals surface area (Å²) in [6.45, 7) is 4.13. The molecule has 5 nitrogen and oxygen atoms in total. The number of carbonyl (C=O) groups is 2. The van der Waals surface area contributed by atoms with E-state index in [2.05, 4.69) is 10.6 Å². The number of amides is 2. The number of halogens is 1. The Morgan fingerprint density at radius 1 is 1.11 bits per heavy atom. The zero-order valence-corrected chi connectivity index (χ0v) is 16.2. The minimum Gasteiger partial charge on any atom is -0.349 e. The predicted molar refractivity (Wildman–Crippen MR) is 107 cm³/mol. The quantitative estimate of drug-likeness (QED) is 0.736. The molecular weight excluding hydrogens is 362 g/mol. The highest BCUT2D eigenvalue weighted by atomic mass is 35.5. The maximum absolute atomic E-state index is 12.4. The lowest BCUT2D eigenvalue weighted by atomic mass is 10.0. The van der Waals surface area contributed by atoms with Crippen molar-refractivity contribution in [1.29, 1.82) is 0 Å². The van der Waals surface area contributed by atoms with Crippen molar-refractivity contribution in [2.24, 2.45) is 0 Å². The van der Waals surface area contributed by atoms with Crippen molar-refractivity contribution in [2.45, 2.75) is 25.8 Å². The number of piperidine rings is 1. The number of carbonyl (C=O) groups excluding carboxylic acids is 2. The summed E-state index contributed by atoms with van der Waals surface area (Å²) in [6, 6.07) is 14.9. The molecule has 2 amide bonds. The van der Waals surface area contributed by atoms with Crippen LogP contribution in [0.1, 0.15) is 28.8 Å². The van der Waals surface area contributed by atoms with Gasteiger partial charge in [0.25, 0.3) is 11.8 Å². The van der Waals surface area contributed by atoms with Gasteiger partial charge < -0.3 is 15.5 Å². The molecule has 0 aliphatic carbocycles. The molecule has 2 aromatic carbocycles. The highest BCUT2D eigenvalue weighted by Crippen LogP contribution is 2.14. The molecule has 3 rings (SSSR count). The molecule has 6 heteroatoms. The van der Waals surface area contributed by atoms with Gasteiger partial charge in [-0.05, 0) is 37.3 Å². The Hall–Kier alpha value is -2.37. The fraction of sp³-hybridized carbons (Fsp3) is 0.333. The van der Waals surface area contributed by atoms with Crippen LogP contribution in [0.15, 0.2) is 48.5 Å². The number of rotatable bonds is 5. The van der Waals surface area contributed by atoms with Gasteiger partial charge >= 0.3 is 0 Å². The lowest BCUT2D eigenvalue weighted by Gasteiger charge is -2.29.